The number of allylic oxidation sites excluding steroid dienone is 1. The molecule has 1 atom stereocenters. The van der Waals surface area contributed by atoms with Gasteiger partial charge < -0.3 is 9.80 Å². The van der Waals surface area contributed by atoms with E-state index in [9.17, 15) is 4.79 Å². The van der Waals surface area contributed by atoms with Gasteiger partial charge in [-0.05, 0) is 24.3 Å². The molecule has 1 fully saturated rings. The first-order chi connectivity index (χ1) is 16.0. The topological polar surface area (TPSA) is 66.6 Å². The molecular weight excluding hydrogens is 426 g/mol. The van der Waals surface area contributed by atoms with E-state index in [0.29, 0.717) is 43.3 Å². The minimum atomic E-state index is -0.804. The van der Waals surface area contributed by atoms with E-state index in [1.54, 1.807) is 34.7 Å². The zero-order chi connectivity index (χ0) is 23.1. The average molecular weight is 448 g/mol. The first-order valence-corrected chi connectivity index (χ1v) is 10.7. The molecule has 1 saturated heterocycles. The van der Waals surface area contributed by atoms with E-state index in [1.165, 1.54) is 18.3 Å². The molecule has 3 aromatic heterocycles. The fourth-order valence-corrected chi connectivity index (χ4v) is 4.35. The second kappa shape index (κ2) is 8.23. The van der Waals surface area contributed by atoms with Gasteiger partial charge in [-0.2, -0.15) is 0 Å². The van der Waals surface area contributed by atoms with Gasteiger partial charge >= 0.3 is 0 Å². The Morgan fingerprint density at radius 3 is 2.67 bits per heavy atom. The summed E-state index contributed by atoms with van der Waals surface area (Å²) < 4.78 is 32.1. The van der Waals surface area contributed by atoms with Gasteiger partial charge in [-0.1, -0.05) is 6.08 Å². The molecule has 9 heteroatoms. The minimum Gasteiger partial charge on any atom is -0.352 e. The number of carbonyl (C=O) groups excluding carboxylic acids is 1. The Balaban J connectivity index is 1.56. The highest BCUT2D eigenvalue weighted by atomic mass is 19.1. The van der Waals surface area contributed by atoms with Crippen LogP contribution in [0, 0.1) is 11.6 Å². The number of benzene rings is 1. The van der Waals surface area contributed by atoms with Crippen LogP contribution in [0.5, 0.6) is 0 Å². The Kier molecular flexibility index (Phi) is 5.24. The number of nitrogens with zero attached hydrogens (tertiary/aromatic N) is 6. The van der Waals surface area contributed by atoms with Gasteiger partial charge in [0.2, 0.25) is 5.91 Å². The lowest BCUT2D eigenvalue weighted by molar-refractivity contribution is -0.129. The average Bonchev–Trinajstić information content (AvgIpc) is 3.25. The van der Waals surface area contributed by atoms with Crippen molar-refractivity contribution in [3.8, 4) is 0 Å². The van der Waals surface area contributed by atoms with E-state index < -0.39 is 17.6 Å². The van der Waals surface area contributed by atoms with E-state index in [2.05, 4.69) is 21.4 Å². The molecule has 168 valence electrons. The fourth-order valence-electron chi connectivity index (χ4n) is 4.35. The van der Waals surface area contributed by atoms with Crippen molar-refractivity contribution in [1.29, 1.82) is 0 Å². The van der Waals surface area contributed by atoms with Crippen LogP contribution in [0.3, 0.4) is 0 Å². The van der Waals surface area contributed by atoms with Gasteiger partial charge in [0.25, 0.3) is 0 Å². The Morgan fingerprint density at radius 2 is 1.94 bits per heavy atom. The highest BCUT2D eigenvalue weighted by Crippen LogP contribution is 2.34. The molecule has 1 unspecified atom stereocenters. The highest BCUT2D eigenvalue weighted by Gasteiger charge is 2.26. The molecule has 1 amide bonds. The zero-order valence-electron chi connectivity index (χ0n) is 18.1. The van der Waals surface area contributed by atoms with Gasteiger partial charge in [-0.3, -0.25) is 9.78 Å². The number of hydrogen-bond acceptors (Lipinski definition) is 5. The summed E-state index contributed by atoms with van der Waals surface area (Å²) in [7, 11) is 0. The number of piperazine rings is 1. The molecule has 33 heavy (non-hydrogen) atoms. The number of fused-ring (bicyclic) bond motifs is 2. The monoisotopic (exact) mass is 448 g/mol. The number of anilines is 1. The molecule has 0 aliphatic carbocycles. The van der Waals surface area contributed by atoms with Gasteiger partial charge in [0, 0.05) is 56.3 Å². The molecule has 0 N–H and O–H groups in total. The Morgan fingerprint density at radius 1 is 1.15 bits per heavy atom. The van der Waals surface area contributed by atoms with Crippen LogP contribution in [0.15, 0.2) is 55.4 Å². The Bertz CT molecular complexity index is 1380. The van der Waals surface area contributed by atoms with Crippen molar-refractivity contribution in [3.63, 3.8) is 0 Å². The van der Waals surface area contributed by atoms with E-state index in [1.807, 2.05) is 12.1 Å². The SMILES string of the molecule is C=CC(c1c(F)cc2ncccc2c1F)c1cnc2ccc(N3CCN(C(C)=O)CC3)nn12. The summed E-state index contributed by atoms with van der Waals surface area (Å²) >= 11 is 0. The number of rotatable bonds is 4. The molecule has 1 aliphatic rings. The third-order valence-electron chi connectivity index (χ3n) is 6.12. The molecule has 0 saturated carbocycles. The molecular formula is C24H22F2N6O. The number of amides is 1. The van der Waals surface area contributed by atoms with Crippen LogP contribution in [-0.4, -0.2) is 56.6 Å². The fraction of sp³-hybridized carbons (Fsp3) is 0.250. The van der Waals surface area contributed by atoms with Gasteiger partial charge in [0.15, 0.2) is 5.65 Å². The molecule has 5 rings (SSSR count). The van der Waals surface area contributed by atoms with Crippen molar-refractivity contribution in [2.24, 2.45) is 0 Å². The predicted octanol–water partition coefficient (Wildman–Crippen LogP) is 3.54. The van der Waals surface area contributed by atoms with Crippen LogP contribution in [0.1, 0.15) is 24.1 Å². The molecule has 7 nitrogen and oxygen atoms in total. The highest BCUT2D eigenvalue weighted by molar-refractivity contribution is 5.80. The standard InChI is InChI=1S/C24H22F2N6O/c1-3-16(23-18(25)13-19-17(24(23)26)5-4-8-27-19)20-14-28-21-6-7-22(29-32(20)21)31-11-9-30(10-12-31)15(2)33/h3-8,13-14,16H,1,9-12H2,2H3. The van der Waals surface area contributed by atoms with Crippen LogP contribution in [-0.2, 0) is 4.79 Å². The maximum atomic E-state index is 15.4. The number of pyridine rings is 1. The molecule has 0 bridgehead atoms. The Hall–Kier alpha value is -3.88. The maximum absolute atomic E-state index is 15.4. The van der Waals surface area contributed by atoms with Crippen molar-refractivity contribution in [2.45, 2.75) is 12.8 Å². The minimum absolute atomic E-state index is 0.0541. The lowest BCUT2D eigenvalue weighted by atomic mass is 9.93. The maximum Gasteiger partial charge on any atom is 0.219 e. The normalized spacial score (nSPS) is 15.2. The molecule has 0 spiro atoms. The number of aromatic nitrogens is 4. The van der Waals surface area contributed by atoms with Crippen molar-refractivity contribution in [3.05, 3.63) is 78.3 Å². The van der Waals surface area contributed by atoms with Crippen molar-refractivity contribution in [1.82, 2.24) is 24.5 Å². The third-order valence-corrected chi connectivity index (χ3v) is 6.12. The first-order valence-electron chi connectivity index (χ1n) is 10.7. The zero-order valence-corrected chi connectivity index (χ0v) is 18.1. The van der Waals surface area contributed by atoms with Crippen molar-refractivity contribution in [2.75, 3.05) is 31.1 Å². The quantitative estimate of drug-likeness (QED) is 0.447. The Labute approximate surface area is 189 Å². The van der Waals surface area contributed by atoms with Crippen molar-refractivity contribution < 1.29 is 13.6 Å². The van der Waals surface area contributed by atoms with Gasteiger partial charge in [-0.15, -0.1) is 11.7 Å². The van der Waals surface area contributed by atoms with E-state index in [-0.39, 0.29) is 22.4 Å². The predicted molar refractivity (Wildman–Crippen MR) is 121 cm³/mol. The largest absolute Gasteiger partial charge is 0.352 e. The number of hydrogen-bond donors (Lipinski definition) is 0. The number of carbonyl (C=O) groups is 1. The number of halogens is 2. The molecule has 0 radical (unpaired) electrons. The van der Waals surface area contributed by atoms with Crippen LogP contribution in [0.2, 0.25) is 0 Å². The summed E-state index contributed by atoms with van der Waals surface area (Å²) in [5.41, 5.74) is 1.20. The summed E-state index contributed by atoms with van der Waals surface area (Å²) in [5, 5.41) is 4.96. The summed E-state index contributed by atoms with van der Waals surface area (Å²) in [6, 6.07) is 8.11. The van der Waals surface area contributed by atoms with Crippen LogP contribution < -0.4 is 4.90 Å². The second-order valence-corrected chi connectivity index (χ2v) is 8.01. The summed E-state index contributed by atoms with van der Waals surface area (Å²) in [5.74, 6) is -1.42. The van der Waals surface area contributed by atoms with E-state index in [4.69, 9.17) is 5.10 Å². The number of imidazole rings is 1. The molecule has 1 aromatic carbocycles. The van der Waals surface area contributed by atoms with Gasteiger partial charge in [0.05, 0.1) is 23.3 Å². The van der Waals surface area contributed by atoms with Gasteiger partial charge in [0.1, 0.15) is 17.5 Å². The summed E-state index contributed by atoms with van der Waals surface area (Å²) in [6.07, 6.45) is 4.56. The lowest BCUT2D eigenvalue weighted by Gasteiger charge is -2.34. The van der Waals surface area contributed by atoms with E-state index >= 15 is 8.78 Å². The summed E-state index contributed by atoms with van der Waals surface area (Å²) in [4.78, 5) is 23.9. The second-order valence-electron chi connectivity index (χ2n) is 8.01. The molecule has 4 heterocycles. The first kappa shape index (κ1) is 21.0. The van der Waals surface area contributed by atoms with Crippen molar-refractivity contribution >= 4 is 28.3 Å². The van der Waals surface area contributed by atoms with Crippen LogP contribution in [0.4, 0.5) is 14.6 Å². The molecule has 4 aromatic rings. The lowest BCUT2D eigenvalue weighted by Crippen LogP contribution is -2.48. The third kappa shape index (κ3) is 3.59. The molecule has 1 aliphatic heterocycles. The van der Waals surface area contributed by atoms with E-state index in [0.717, 1.165) is 0 Å². The van der Waals surface area contributed by atoms with Gasteiger partial charge in [-0.25, -0.2) is 18.3 Å². The summed E-state index contributed by atoms with van der Waals surface area (Å²) in [6.45, 7) is 7.92. The smallest absolute Gasteiger partial charge is 0.219 e. The van der Waals surface area contributed by atoms with Crippen LogP contribution >= 0.6 is 0 Å². The van der Waals surface area contributed by atoms with Crippen LogP contribution in [0.25, 0.3) is 16.6 Å².